The summed E-state index contributed by atoms with van der Waals surface area (Å²) in [5.41, 5.74) is 2.59. The smallest absolute Gasteiger partial charge is 0.253 e. The van der Waals surface area contributed by atoms with Gasteiger partial charge in [0.2, 0.25) is 0 Å². The second-order valence-electron chi connectivity index (χ2n) is 4.87. The molecule has 1 aromatic heterocycles. The van der Waals surface area contributed by atoms with E-state index in [9.17, 15) is 4.79 Å². The number of para-hydroxylation sites is 1. The molecular weight excluding hydrogens is 260 g/mol. The Balaban J connectivity index is 1.70. The number of benzene rings is 2. The fraction of sp³-hybridized carbons (Fsp3) is 0.111. The highest BCUT2D eigenvalue weighted by Gasteiger charge is 2.09. The monoisotopic (exact) mass is 276 g/mol. The van der Waals surface area contributed by atoms with Gasteiger partial charge in [0.25, 0.3) is 5.91 Å². The largest absolute Gasteiger partial charge is 0.352 e. The van der Waals surface area contributed by atoms with E-state index in [0.29, 0.717) is 12.1 Å². The van der Waals surface area contributed by atoms with Crippen molar-refractivity contribution in [2.45, 2.75) is 6.42 Å². The van der Waals surface area contributed by atoms with E-state index < -0.39 is 0 Å². The van der Waals surface area contributed by atoms with Gasteiger partial charge in [0.05, 0.1) is 11.1 Å². The van der Waals surface area contributed by atoms with Crippen LogP contribution in [0.25, 0.3) is 10.9 Å². The van der Waals surface area contributed by atoms with Crippen molar-refractivity contribution in [3.63, 3.8) is 0 Å². The number of pyridine rings is 1. The first-order valence-corrected chi connectivity index (χ1v) is 7.00. The third kappa shape index (κ3) is 3.08. The highest BCUT2D eigenvalue weighted by atomic mass is 16.1. The highest BCUT2D eigenvalue weighted by Crippen LogP contribution is 2.15. The minimum Gasteiger partial charge on any atom is -0.352 e. The summed E-state index contributed by atoms with van der Waals surface area (Å²) < 4.78 is 0. The molecule has 1 N–H and O–H groups in total. The van der Waals surface area contributed by atoms with E-state index >= 15 is 0 Å². The fourth-order valence-corrected chi connectivity index (χ4v) is 2.35. The van der Waals surface area contributed by atoms with Gasteiger partial charge in [-0.05, 0) is 24.1 Å². The molecule has 0 unspecified atom stereocenters. The van der Waals surface area contributed by atoms with Crippen LogP contribution in [0.3, 0.4) is 0 Å². The summed E-state index contributed by atoms with van der Waals surface area (Å²) in [6, 6.07) is 19.6. The second kappa shape index (κ2) is 6.18. The average molecular weight is 276 g/mol. The maximum atomic E-state index is 12.3. The number of hydrogen-bond acceptors (Lipinski definition) is 2. The van der Waals surface area contributed by atoms with Crippen molar-refractivity contribution in [2.24, 2.45) is 0 Å². The van der Waals surface area contributed by atoms with Gasteiger partial charge in [-0.2, -0.15) is 0 Å². The van der Waals surface area contributed by atoms with Crippen molar-refractivity contribution in [1.82, 2.24) is 10.3 Å². The molecule has 0 aliphatic carbocycles. The molecule has 3 heteroatoms. The van der Waals surface area contributed by atoms with Gasteiger partial charge in [-0.1, -0.05) is 48.5 Å². The second-order valence-corrected chi connectivity index (χ2v) is 4.87. The van der Waals surface area contributed by atoms with Crippen LogP contribution in [-0.4, -0.2) is 17.4 Å². The van der Waals surface area contributed by atoms with Crippen LogP contribution in [0.1, 0.15) is 15.9 Å². The molecule has 0 radical (unpaired) electrons. The molecule has 0 spiro atoms. The molecule has 3 rings (SSSR count). The van der Waals surface area contributed by atoms with Gasteiger partial charge in [-0.15, -0.1) is 0 Å². The molecule has 0 fully saturated rings. The SMILES string of the molecule is O=C(NCCc1ccccc1)c1cccc2cccnc12. The molecule has 0 saturated heterocycles. The number of nitrogens with one attached hydrogen (secondary N) is 1. The molecule has 0 saturated carbocycles. The van der Waals surface area contributed by atoms with Crippen molar-refractivity contribution in [3.05, 3.63) is 78.0 Å². The summed E-state index contributed by atoms with van der Waals surface area (Å²) in [5, 5.41) is 3.94. The predicted molar refractivity (Wildman–Crippen MR) is 84.2 cm³/mol. The van der Waals surface area contributed by atoms with E-state index in [1.807, 2.05) is 48.5 Å². The minimum absolute atomic E-state index is 0.0739. The first kappa shape index (κ1) is 13.3. The summed E-state index contributed by atoms with van der Waals surface area (Å²) in [6.45, 7) is 0.617. The predicted octanol–water partition coefficient (Wildman–Crippen LogP) is 3.21. The molecule has 0 atom stereocenters. The number of carbonyl (C=O) groups is 1. The minimum atomic E-state index is -0.0739. The maximum absolute atomic E-state index is 12.3. The van der Waals surface area contributed by atoms with Crippen LogP contribution in [0.15, 0.2) is 66.9 Å². The average Bonchev–Trinajstić information content (AvgIpc) is 2.55. The quantitative estimate of drug-likeness (QED) is 0.795. The molecule has 104 valence electrons. The Morgan fingerprint density at radius 1 is 0.952 bits per heavy atom. The van der Waals surface area contributed by atoms with Crippen molar-refractivity contribution in [2.75, 3.05) is 6.54 Å². The van der Waals surface area contributed by atoms with E-state index in [2.05, 4.69) is 22.4 Å². The molecule has 21 heavy (non-hydrogen) atoms. The molecule has 3 aromatic rings. The summed E-state index contributed by atoms with van der Waals surface area (Å²) in [4.78, 5) is 16.6. The number of carbonyl (C=O) groups excluding carboxylic acids is 1. The Bertz CT molecular complexity index is 748. The van der Waals surface area contributed by atoms with Crippen molar-refractivity contribution in [3.8, 4) is 0 Å². The van der Waals surface area contributed by atoms with E-state index in [1.54, 1.807) is 6.20 Å². The first-order chi connectivity index (χ1) is 10.3. The van der Waals surface area contributed by atoms with E-state index in [0.717, 1.165) is 17.3 Å². The topological polar surface area (TPSA) is 42.0 Å². The molecular formula is C18H16N2O. The lowest BCUT2D eigenvalue weighted by atomic mass is 10.1. The summed E-state index contributed by atoms with van der Waals surface area (Å²) >= 11 is 0. The molecule has 0 aliphatic rings. The van der Waals surface area contributed by atoms with Gasteiger partial charge in [-0.3, -0.25) is 9.78 Å². The standard InChI is InChI=1S/C18H16N2O/c21-18(20-13-11-14-6-2-1-3-7-14)16-10-4-8-15-9-5-12-19-17(15)16/h1-10,12H,11,13H2,(H,20,21). The molecule has 2 aromatic carbocycles. The number of rotatable bonds is 4. The number of nitrogens with zero attached hydrogens (tertiary/aromatic N) is 1. The van der Waals surface area contributed by atoms with Gasteiger partial charge in [0, 0.05) is 18.1 Å². The van der Waals surface area contributed by atoms with Gasteiger partial charge in [0.1, 0.15) is 0 Å². The lowest BCUT2D eigenvalue weighted by Gasteiger charge is -2.07. The fourth-order valence-electron chi connectivity index (χ4n) is 2.35. The zero-order valence-electron chi connectivity index (χ0n) is 11.6. The van der Waals surface area contributed by atoms with E-state index in [4.69, 9.17) is 0 Å². The number of hydrogen-bond donors (Lipinski definition) is 1. The Morgan fingerprint density at radius 2 is 1.76 bits per heavy atom. The van der Waals surface area contributed by atoms with Gasteiger partial charge in [-0.25, -0.2) is 0 Å². The summed E-state index contributed by atoms with van der Waals surface area (Å²) in [5.74, 6) is -0.0739. The normalized spacial score (nSPS) is 10.5. The summed E-state index contributed by atoms with van der Waals surface area (Å²) in [6.07, 6.45) is 2.54. The lowest BCUT2D eigenvalue weighted by molar-refractivity contribution is 0.0955. The number of amides is 1. The van der Waals surface area contributed by atoms with Crippen molar-refractivity contribution >= 4 is 16.8 Å². The van der Waals surface area contributed by atoms with Crippen molar-refractivity contribution < 1.29 is 4.79 Å². The van der Waals surface area contributed by atoms with Crippen LogP contribution in [0.4, 0.5) is 0 Å². The molecule has 3 nitrogen and oxygen atoms in total. The maximum Gasteiger partial charge on any atom is 0.253 e. The third-order valence-electron chi connectivity index (χ3n) is 3.42. The molecule has 1 heterocycles. The third-order valence-corrected chi connectivity index (χ3v) is 3.42. The molecule has 0 bridgehead atoms. The van der Waals surface area contributed by atoms with Gasteiger partial charge in [0.15, 0.2) is 0 Å². The van der Waals surface area contributed by atoms with Gasteiger partial charge < -0.3 is 5.32 Å². The molecule has 0 aliphatic heterocycles. The Hall–Kier alpha value is -2.68. The summed E-state index contributed by atoms with van der Waals surface area (Å²) in [7, 11) is 0. The van der Waals surface area contributed by atoms with Crippen LogP contribution in [-0.2, 0) is 6.42 Å². The van der Waals surface area contributed by atoms with Crippen LogP contribution < -0.4 is 5.32 Å². The van der Waals surface area contributed by atoms with Crippen LogP contribution in [0.2, 0.25) is 0 Å². The lowest BCUT2D eigenvalue weighted by Crippen LogP contribution is -2.26. The first-order valence-electron chi connectivity index (χ1n) is 7.00. The van der Waals surface area contributed by atoms with E-state index in [-0.39, 0.29) is 5.91 Å². The Labute approximate surface area is 123 Å². The van der Waals surface area contributed by atoms with Crippen LogP contribution in [0, 0.1) is 0 Å². The van der Waals surface area contributed by atoms with Crippen molar-refractivity contribution in [1.29, 1.82) is 0 Å². The zero-order chi connectivity index (χ0) is 14.5. The van der Waals surface area contributed by atoms with E-state index in [1.165, 1.54) is 5.56 Å². The zero-order valence-corrected chi connectivity index (χ0v) is 11.6. The highest BCUT2D eigenvalue weighted by molar-refractivity contribution is 6.05. The number of aromatic nitrogens is 1. The Kier molecular flexibility index (Phi) is 3.92. The van der Waals surface area contributed by atoms with Crippen LogP contribution >= 0.6 is 0 Å². The number of fused-ring (bicyclic) bond motifs is 1. The molecule has 1 amide bonds. The van der Waals surface area contributed by atoms with Crippen LogP contribution in [0.5, 0.6) is 0 Å². The Morgan fingerprint density at radius 3 is 2.62 bits per heavy atom. The van der Waals surface area contributed by atoms with Gasteiger partial charge >= 0.3 is 0 Å².